The summed E-state index contributed by atoms with van der Waals surface area (Å²) in [5.41, 5.74) is 0.481. The number of alkyl halides is 3. The fourth-order valence-electron chi connectivity index (χ4n) is 3.29. The van der Waals surface area contributed by atoms with Crippen molar-refractivity contribution < 1.29 is 22.4 Å². The molecule has 0 unspecified atom stereocenters. The Hall–Kier alpha value is -2.81. The number of hydrogen-bond donors (Lipinski definition) is 2. The molecule has 2 aromatic carbocycles. The molecule has 0 aromatic heterocycles. The van der Waals surface area contributed by atoms with E-state index in [1.54, 1.807) is 12.1 Å². The number of piperazine rings is 1. The SMILES string of the molecule is O=C(CNc1cccc(C(F)(F)F)c1)NCCN1CCN(c2ccc(F)cc2)CC1. The number of carbonyl (C=O) groups is 1. The highest BCUT2D eigenvalue weighted by Crippen LogP contribution is 2.30. The highest BCUT2D eigenvalue weighted by molar-refractivity contribution is 5.80. The normalized spacial score (nSPS) is 15.1. The fraction of sp³-hybridized carbons (Fsp3) is 0.381. The maximum Gasteiger partial charge on any atom is 0.416 e. The number of hydrogen-bond acceptors (Lipinski definition) is 4. The minimum absolute atomic E-state index is 0.0976. The molecular formula is C21H24F4N4O. The Morgan fingerprint density at radius 2 is 1.70 bits per heavy atom. The van der Waals surface area contributed by atoms with E-state index in [9.17, 15) is 22.4 Å². The van der Waals surface area contributed by atoms with E-state index in [-0.39, 0.29) is 24.0 Å². The lowest BCUT2D eigenvalue weighted by molar-refractivity contribution is -0.137. The third-order valence-corrected chi connectivity index (χ3v) is 4.96. The zero-order valence-corrected chi connectivity index (χ0v) is 16.4. The Labute approximate surface area is 172 Å². The number of halogens is 4. The molecule has 0 spiro atoms. The molecule has 0 aliphatic carbocycles. The summed E-state index contributed by atoms with van der Waals surface area (Å²) in [4.78, 5) is 16.4. The van der Waals surface area contributed by atoms with E-state index in [1.807, 2.05) is 0 Å². The minimum Gasteiger partial charge on any atom is -0.376 e. The van der Waals surface area contributed by atoms with Crippen molar-refractivity contribution in [1.82, 2.24) is 10.2 Å². The molecule has 2 aromatic rings. The van der Waals surface area contributed by atoms with Crippen molar-refractivity contribution in [2.45, 2.75) is 6.18 Å². The van der Waals surface area contributed by atoms with Crippen LogP contribution in [0.15, 0.2) is 48.5 Å². The van der Waals surface area contributed by atoms with Crippen molar-refractivity contribution in [3.63, 3.8) is 0 Å². The molecule has 0 bridgehead atoms. The molecule has 1 heterocycles. The lowest BCUT2D eigenvalue weighted by Gasteiger charge is -2.36. The van der Waals surface area contributed by atoms with E-state index in [0.717, 1.165) is 44.0 Å². The van der Waals surface area contributed by atoms with Crippen molar-refractivity contribution >= 4 is 17.3 Å². The average Bonchev–Trinajstić information content (AvgIpc) is 2.73. The molecule has 1 fully saturated rings. The van der Waals surface area contributed by atoms with Crippen LogP contribution in [0.1, 0.15) is 5.56 Å². The number of benzene rings is 2. The molecule has 5 nitrogen and oxygen atoms in total. The average molecular weight is 424 g/mol. The summed E-state index contributed by atoms with van der Waals surface area (Å²) in [6.07, 6.45) is -4.42. The first kappa shape index (κ1) is 21.9. The summed E-state index contributed by atoms with van der Waals surface area (Å²) in [5, 5.41) is 5.49. The number of rotatable bonds is 7. The lowest BCUT2D eigenvalue weighted by atomic mass is 10.2. The van der Waals surface area contributed by atoms with Gasteiger partial charge in [0.05, 0.1) is 12.1 Å². The van der Waals surface area contributed by atoms with Crippen molar-refractivity contribution in [2.75, 3.05) is 56.0 Å². The number of anilines is 2. The van der Waals surface area contributed by atoms with Gasteiger partial charge in [0.2, 0.25) is 5.91 Å². The van der Waals surface area contributed by atoms with Crippen molar-refractivity contribution in [3.8, 4) is 0 Å². The van der Waals surface area contributed by atoms with E-state index in [4.69, 9.17) is 0 Å². The third kappa shape index (κ3) is 6.35. The van der Waals surface area contributed by atoms with E-state index in [0.29, 0.717) is 13.1 Å². The summed E-state index contributed by atoms with van der Waals surface area (Å²) in [7, 11) is 0. The Balaban J connectivity index is 1.34. The predicted octanol–water partition coefficient (Wildman–Crippen LogP) is 3.19. The van der Waals surface area contributed by atoms with Crippen LogP contribution in [0.4, 0.5) is 28.9 Å². The van der Waals surface area contributed by atoms with Crippen molar-refractivity contribution in [1.29, 1.82) is 0 Å². The molecule has 1 saturated heterocycles. The van der Waals surface area contributed by atoms with E-state index < -0.39 is 11.7 Å². The number of amides is 1. The van der Waals surface area contributed by atoms with Gasteiger partial charge in [-0.05, 0) is 42.5 Å². The van der Waals surface area contributed by atoms with Gasteiger partial charge in [0, 0.05) is 50.6 Å². The van der Waals surface area contributed by atoms with Gasteiger partial charge in [0.15, 0.2) is 0 Å². The van der Waals surface area contributed by atoms with E-state index >= 15 is 0 Å². The molecule has 0 radical (unpaired) electrons. The molecule has 1 aliphatic heterocycles. The standard InChI is InChI=1S/C21H24F4N4O/c22-17-4-6-19(7-5-17)29-12-10-28(11-13-29)9-8-26-20(30)15-27-18-3-1-2-16(14-18)21(23,24)25/h1-7,14,27H,8-13,15H2,(H,26,30). The molecule has 2 N–H and O–H groups in total. The Bertz CT molecular complexity index is 834. The molecule has 0 atom stereocenters. The second kappa shape index (κ2) is 9.80. The molecule has 30 heavy (non-hydrogen) atoms. The van der Waals surface area contributed by atoms with E-state index in [1.165, 1.54) is 24.3 Å². The zero-order valence-electron chi connectivity index (χ0n) is 16.4. The van der Waals surface area contributed by atoms with Crippen LogP contribution < -0.4 is 15.5 Å². The van der Waals surface area contributed by atoms with Crippen LogP contribution in [0.5, 0.6) is 0 Å². The van der Waals surface area contributed by atoms with Gasteiger partial charge in [-0.2, -0.15) is 13.2 Å². The minimum atomic E-state index is -4.42. The van der Waals surface area contributed by atoms with Crippen LogP contribution in [0.3, 0.4) is 0 Å². The molecule has 0 saturated carbocycles. The Morgan fingerprint density at radius 3 is 2.37 bits per heavy atom. The third-order valence-electron chi connectivity index (χ3n) is 4.96. The molecule has 1 aliphatic rings. The van der Waals surface area contributed by atoms with Crippen LogP contribution in [0, 0.1) is 5.82 Å². The first-order chi connectivity index (χ1) is 14.3. The van der Waals surface area contributed by atoms with Gasteiger partial charge in [0.25, 0.3) is 0 Å². The largest absolute Gasteiger partial charge is 0.416 e. The summed E-state index contributed by atoms with van der Waals surface area (Å²) < 4.78 is 51.2. The summed E-state index contributed by atoms with van der Waals surface area (Å²) >= 11 is 0. The van der Waals surface area contributed by atoms with Crippen LogP contribution >= 0.6 is 0 Å². The topological polar surface area (TPSA) is 47.6 Å². The van der Waals surface area contributed by atoms with Gasteiger partial charge in [0.1, 0.15) is 5.82 Å². The van der Waals surface area contributed by atoms with Gasteiger partial charge >= 0.3 is 6.18 Å². The van der Waals surface area contributed by atoms with Crippen LogP contribution in [-0.4, -0.2) is 56.6 Å². The Morgan fingerprint density at radius 1 is 1.00 bits per heavy atom. The quantitative estimate of drug-likeness (QED) is 0.671. The smallest absolute Gasteiger partial charge is 0.376 e. The zero-order chi connectivity index (χ0) is 21.6. The van der Waals surface area contributed by atoms with Crippen LogP contribution in [-0.2, 0) is 11.0 Å². The van der Waals surface area contributed by atoms with Crippen LogP contribution in [0.2, 0.25) is 0 Å². The maximum absolute atomic E-state index is 13.0. The summed E-state index contributed by atoms with van der Waals surface area (Å²) in [6.45, 7) is 4.34. The van der Waals surface area contributed by atoms with Crippen molar-refractivity contribution in [3.05, 3.63) is 59.9 Å². The Kier molecular flexibility index (Phi) is 7.15. The van der Waals surface area contributed by atoms with E-state index in [2.05, 4.69) is 20.4 Å². The number of nitrogens with zero attached hydrogens (tertiary/aromatic N) is 2. The van der Waals surface area contributed by atoms with Gasteiger partial charge < -0.3 is 15.5 Å². The highest BCUT2D eigenvalue weighted by atomic mass is 19.4. The van der Waals surface area contributed by atoms with Crippen LogP contribution in [0.25, 0.3) is 0 Å². The van der Waals surface area contributed by atoms with Crippen molar-refractivity contribution in [2.24, 2.45) is 0 Å². The first-order valence-electron chi connectivity index (χ1n) is 9.72. The molecule has 1 amide bonds. The summed E-state index contributed by atoms with van der Waals surface area (Å²) in [5.74, 6) is -0.534. The van der Waals surface area contributed by atoms with Gasteiger partial charge in [-0.25, -0.2) is 4.39 Å². The predicted molar refractivity (Wildman–Crippen MR) is 108 cm³/mol. The summed E-state index contributed by atoms with van der Waals surface area (Å²) in [6, 6.07) is 11.2. The maximum atomic E-state index is 13.0. The van der Waals surface area contributed by atoms with Gasteiger partial charge in [-0.3, -0.25) is 9.69 Å². The second-order valence-corrected chi connectivity index (χ2v) is 7.09. The lowest BCUT2D eigenvalue weighted by Crippen LogP contribution is -2.48. The number of nitrogens with one attached hydrogen (secondary N) is 2. The molecular weight excluding hydrogens is 400 g/mol. The first-order valence-corrected chi connectivity index (χ1v) is 9.72. The second-order valence-electron chi connectivity index (χ2n) is 7.09. The fourth-order valence-corrected chi connectivity index (χ4v) is 3.29. The molecule has 9 heteroatoms. The molecule has 3 rings (SSSR count). The number of carbonyl (C=O) groups excluding carboxylic acids is 1. The van der Waals surface area contributed by atoms with Gasteiger partial charge in [-0.15, -0.1) is 0 Å². The highest BCUT2D eigenvalue weighted by Gasteiger charge is 2.30. The van der Waals surface area contributed by atoms with Gasteiger partial charge in [-0.1, -0.05) is 6.07 Å². The monoisotopic (exact) mass is 424 g/mol. The molecule has 162 valence electrons.